The van der Waals surface area contributed by atoms with E-state index in [1.54, 1.807) is 24.1 Å². The van der Waals surface area contributed by atoms with Crippen LogP contribution in [-0.4, -0.2) is 74.6 Å². The lowest BCUT2D eigenvalue weighted by atomic mass is 9.98. The summed E-state index contributed by atoms with van der Waals surface area (Å²) >= 11 is 0. The maximum atomic E-state index is 13.6. The van der Waals surface area contributed by atoms with E-state index in [2.05, 4.69) is 4.90 Å². The maximum Gasteiger partial charge on any atom is 0.260 e. The standard InChI is InChI=1S/C23H26FN3O4/c1-30-19-8-6-18(7-9-19)25-10-12-26(13-11-25)23(29)17-14-27(15-17)22(28)16-31-21-5-3-2-4-20(21)24/h2-9,17H,10-16H2,1H3. The van der Waals surface area contributed by atoms with Crippen LogP contribution in [0.25, 0.3) is 0 Å². The number of carbonyl (C=O) groups excluding carboxylic acids is 2. The number of carbonyl (C=O) groups is 2. The number of ether oxygens (including phenoxy) is 2. The zero-order chi connectivity index (χ0) is 21.8. The van der Waals surface area contributed by atoms with Crippen LogP contribution in [0.1, 0.15) is 0 Å². The molecule has 164 valence electrons. The first-order chi connectivity index (χ1) is 15.0. The maximum absolute atomic E-state index is 13.6. The molecule has 2 aliphatic heterocycles. The van der Waals surface area contributed by atoms with Gasteiger partial charge in [0.25, 0.3) is 5.91 Å². The minimum absolute atomic E-state index is 0.0544. The van der Waals surface area contributed by atoms with Crippen LogP contribution < -0.4 is 14.4 Å². The van der Waals surface area contributed by atoms with Crippen molar-refractivity contribution in [3.8, 4) is 11.5 Å². The molecule has 0 aromatic heterocycles. The van der Waals surface area contributed by atoms with Crippen LogP contribution in [0, 0.1) is 11.7 Å². The first kappa shape index (κ1) is 21.0. The smallest absolute Gasteiger partial charge is 0.260 e. The number of methoxy groups -OCH3 is 1. The molecular weight excluding hydrogens is 401 g/mol. The van der Waals surface area contributed by atoms with Gasteiger partial charge >= 0.3 is 0 Å². The number of piperazine rings is 1. The van der Waals surface area contributed by atoms with Gasteiger partial charge in [0, 0.05) is 45.0 Å². The molecule has 0 saturated carbocycles. The van der Waals surface area contributed by atoms with E-state index in [4.69, 9.17) is 9.47 Å². The molecule has 2 fully saturated rings. The quantitative estimate of drug-likeness (QED) is 0.706. The minimum atomic E-state index is -0.499. The van der Waals surface area contributed by atoms with Gasteiger partial charge in [-0.3, -0.25) is 9.59 Å². The molecule has 4 rings (SSSR count). The third-order valence-electron chi connectivity index (χ3n) is 5.80. The normalized spacial score (nSPS) is 16.6. The topological polar surface area (TPSA) is 62.3 Å². The molecule has 0 atom stereocenters. The Morgan fingerprint density at radius 1 is 0.968 bits per heavy atom. The molecule has 7 nitrogen and oxygen atoms in total. The van der Waals surface area contributed by atoms with Crippen LogP contribution in [-0.2, 0) is 9.59 Å². The molecular formula is C23H26FN3O4. The van der Waals surface area contributed by atoms with E-state index in [1.165, 1.54) is 12.1 Å². The Morgan fingerprint density at radius 3 is 2.29 bits per heavy atom. The highest BCUT2D eigenvalue weighted by Crippen LogP contribution is 2.23. The third kappa shape index (κ3) is 4.73. The molecule has 0 spiro atoms. The van der Waals surface area contributed by atoms with E-state index in [-0.39, 0.29) is 30.1 Å². The summed E-state index contributed by atoms with van der Waals surface area (Å²) in [4.78, 5) is 30.7. The van der Waals surface area contributed by atoms with Gasteiger partial charge in [0.15, 0.2) is 18.2 Å². The van der Waals surface area contributed by atoms with Gasteiger partial charge in [-0.05, 0) is 36.4 Å². The Balaban J connectivity index is 1.20. The highest BCUT2D eigenvalue weighted by atomic mass is 19.1. The number of rotatable bonds is 6. The van der Waals surface area contributed by atoms with E-state index in [0.717, 1.165) is 24.5 Å². The molecule has 2 saturated heterocycles. The van der Waals surface area contributed by atoms with Crippen molar-refractivity contribution in [2.75, 3.05) is 57.9 Å². The van der Waals surface area contributed by atoms with Crippen molar-refractivity contribution in [1.82, 2.24) is 9.80 Å². The summed E-state index contributed by atoms with van der Waals surface area (Å²) in [7, 11) is 1.64. The third-order valence-corrected chi connectivity index (χ3v) is 5.80. The Labute approximate surface area is 180 Å². The molecule has 2 aliphatic rings. The lowest BCUT2D eigenvalue weighted by Crippen LogP contribution is -2.59. The average molecular weight is 427 g/mol. The van der Waals surface area contributed by atoms with Crippen LogP contribution in [0.4, 0.5) is 10.1 Å². The second-order valence-corrected chi connectivity index (χ2v) is 7.73. The number of hydrogen-bond acceptors (Lipinski definition) is 5. The zero-order valence-electron chi connectivity index (χ0n) is 17.5. The molecule has 8 heteroatoms. The van der Waals surface area contributed by atoms with Crippen molar-refractivity contribution < 1.29 is 23.5 Å². The number of hydrogen-bond donors (Lipinski definition) is 0. The molecule has 2 aromatic rings. The van der Waals surface area contributed by atoms with Gasteiger partial charge in [0.05, 0.1) is 13.0 Å². The van der Waals surface area contributed by atoms with E-state index >= 15 is 0 Å². The number of para-hydroxylation sites is 1. The molecule has 31 heavy (non-hydrogen) atoms. The summed E-state index contributed by atoms with van der Waals surface area (Å²) in [5, 5.41) is 0. The van der Waals surface area contributed by atoms with Crippen LogP contribution in [0.2, 0.25) is 0 Å². The van der Waals surface area contributed by atoms with Crippen molar-refractivity contribution in [3.63, 3.8) is 0 Å². The molecule has 0 radical (unpaired) electrons. The van der Waals surface area contributed by atoms with Gasteiger partial charge in [0.1, 0.15) is 5.75 Å². The van der Waals surface area contributed by atoms with Gasteiger partial charge in [-0.2, -0.15) is 0 Å². The van der Waals surface area contributed by atoms with E-state index in [9.17, 15) is 14.0 Å². The predicted octanol–water partition coefficient (Wildman–Crippen LogP) is 2.02. The van der Waals surface area contributed by atoms with Gasteiger partial charge in [-0.25, -0.2) is 4.39 Å². The second-order valence-electron chi connectivity index (χ2n) is 7.73. The SMILES string of the molecule is COc1ccc(N2CCN(C(=O)C3CN(C(=O)COc4ccccc4F)C3)CC2)cc1. The van der Waals surface area contributed by atoms with Crippen molar-refractivity contribution in [3.05, 3.63) is 54.3 Å². The summed E-state index contributed by atoms with van der Waals surface area (Å²) in [6.07, 6.45) is 0. The first-order valence-electron chi connectivity index (χ1n) is 10.4. The number of amides is 2. The largest absolute Gasteiger partial charge is 0.497 e. The number of benzene rings is 2. The number of anilines is 1. The second kappa shape index (κ2) is 9.24. The number of halogens is 1. The number of nitrogens with zero attached hydrogens (tertiary/aromatic N) is 3. The molecule has 2 aromatic carbocycles. The van der Waals surface area contributed by atoms with Crippen LogP contribution in [0.5, 0.6) is 11.5 Å². The lowest BCUT2D eigenvalue weighted by molar-refractivity contribution is -0.149. The van der Waals surface area contributed by atoms with Crippen molar-refractivity contribution in [2.45, 2.75) is 0 Å². The lowest BCUT2D eigenvalue weighted by Gasteiger charge is -2.43. The Morgan fingerprint density at radius 2 is 1.65 bits per heavy atom. The van der Waals surface area contributed by atoms with Crippen molar-refractivity contribution in [1.29, 1.82) is 0 Å². The molecule has 0 unspecified atom stereocenters. The van der Waals surface area contributed by atoms with Crippen LogP contribution in [0.3, 0.4) is 0 Å². The zero-order valence-corrected chi connectivity index (χ0v) is 17.5. The van der Waals surface area contributed by atoms with E-state index < -0.39 is 5.82 Å². The highest BCUT2D eigenvalue weighted by Gasteiger charge is 2.38. The molecule has 2 heterocycles. The number of likely N-dealkylation sites (tertiary alicyclic amines) is 1. The van der Waals surface area contributed by atoms with Crippen molar-refractivity contribution >= 4 is 17.5 Å². The van der Waals surface area contributed by atoms with Gasteiger partial charge in [-0.1, -0.05) is 12.1 Å². The van der Waals surface area contributed by atoms with Gasteiger partial charge in [0.2, 0.25) is 5.91 Å². The summed E-state index contributed by atoms with van der Waals surface area (Å²) in [6, 6.07) is 13.9. The van der Waals surface area contributed by atoms with Crippen LogP contribution >= 0.6 is 0 Å². The fourth-order valence-corrected chi connectivity index (χ4v) is 3.87. The fourth-order valence-electron chi connectivity index (χ4n) is 3.87. The van der Waals surface area contributed by atoms with Gasteiger partial charge in [-0.15, -0.1) is 0 Å². The Bertz CT molecular complexity index is 923. The first-order valence-corrected chi connectivity index (χ1v) is 10.4. The Kier molecular flexibility index (Phi) is 6.25. The Hall–Kier alpha value is -3.29. The summed E-state index contributed by atoms with van der Waals surface area (Å²) in [5.41, 5.74) is 1.11. The molecule has 2 amide bonds. The average Bonchev–Trinajstić information content (AvgIpc) is 2.77. The van der Waals surface area contributed by atoms with Crippen molar-refractivity contribution in [2.24, 2.45) is 5.92 Å². The minimum Gasteiger partial charge on any atom is -0.497 e. The predicted molar refractivity (Wildman–Crippen MR) is 114 cm³/mol. The fraction of sp³-hybridized carbons (Fsp3) is 0.391. The monoisotopic (exact) mass is 427 g/mol. The molecule has 0 aliphatic carbocycles. The van der Waals surface area contributed by atoms with E-state index in [0.29, 0.717) is 26.2 Å². The van der Waals surface area contributed by atoms with E-state index in [1.807, 2.05) is 29.2 Å². The summed E-state index contributed by atoms with van der Waals surface area (Å²) in [5.74, 6) is 0.0513. The highest BCUT2D eigenvalue weighted by molar-refractivity contribution is 5.85. The molecule has 0 bridgehead atoms. The van der Waals surface area contributed by atoms with Gasteiger partial charge < -0.3 is 24.2 Å². The summed E-state index contributed by atoms with van der Waals surface area (Å²) < 4.78 is 24.0. The molecule has 0 N–H and O–H groups in total. The summed E-state index contributed by atoms with van der Waals surface area (Å²) in [6.45, 7) is 3.39. The van der Waals surface area contributed by atoms with Crippen LogP contribution in [0.15, 0.2) is 48.5 Å².